The van der Waals surface area contributed by atoms with Crippen molar-refractivity contribution >= 4 is 23.3 Å². The Kier molecular flexibility index (Phi) is 5.78. The minimum absolute atomic E-state index is 0.00975. The molecule has 8 heteroatoms. The van der Waals surface area contributed by atoms with Crippen molar-refractivity contribution in [3.05, 3.63) is 41.3 Å². The lowest BCUT2D eigenvalue weighted by Crippen LogP contribution is -2.42. The number of carbonyl (C=O) groups excluding carboxylic acids is 1. The maximum absolute atomic E-state index is 12.8. The van der Waals surface area contributed by atoms with Gasteiger partial charge in [0, 0.05) is 24.7 Å². The summed E-state index contributed by atoms with van der Waals surface area (Å²) in [5.41, 5.74) is 0.591. The Bertz CT molecular complexity index is 779. The zero-order valence-electron chi connectivity index (χ0n) is 14.7. The van der Waals surface area contributed by atoms with Gasteiger partial charge in [-0.3, -0.25) is 4.79 Å². The predicted molar refractivity (Wildman–Crippen MR) is 99.1 cm³/mol. The summed E-state index contributed by atoms with van der Waals surface area (Å²) in [5, 5.41) is 3.82. The van der Waals surface area contributed by atoms with Crippen LogP contribution in [-0.2, 0) is 0 Å². The van der Waals surface area contributed by atoms with Crippen molar-refractivity contribution in [2.75, 3.05) is 32.6 Å². The molecule has 1 aromatic carbocycles. The SMILES string of the molecule is COc1ccc(C(=O)N2CCC(Nc3ncncc3Cl)CC2)cc1OC. The van der Waals surface area contributed by atoms with E-state index in [2.05, 4.69) is 15.3 Å². The Morgan fingerprint density at radius 2 is 1.96 bits per heavy atom. The standard InChI is InChI=1S/C18H21ClN4O3/c1-25-15-4-3-12(9-16(15)26-2)18(24)23-7-5-13(6-8-23)22-17-14(19)10-20-11-21-17/h3-4,9-11,13H,5-8H2,1-2H3,(H,20,21,22). The molecule has 0 radical (unpaired) electrons. The lowest BCUT2D eigenvalue weighted by atomic mass is 10.0. The molecule has 0 spiro atoms. The monoisotopic (exact) mass is 376 g/mol. The van der Waals surface area contributed by atoms with Gasteiger partial charge in [0.2, 0.25) is 0 Å². The summed E-state index contributed by atoms with van der Waals surface area (Å²) in [5.74, 6) is 1.78. The summed E-state index contributed by atoms with van der Waals surface area (Å²) in [7, 11) is 3.13. The first-order chi connectivity index (χ1) is 12.6. The maximum atomic E-state index is 12.8. The molecular weight excluding hydrogens is 356 g/mol. The van der Waals surface area contributed by atoms with Gasteiger partial charge in [-0.2, -0.15) is 0 Å². The number of piperidine rings is 1. The van der Waals surface area contributed by atoms with E-state index in [1.54, 1.807) is 38.6 Å². The molecular formula is C18H21ClN4O3. The highest BCUT2D eigenvalue weighted by molar-refractivity contribution is 6.32. The Morgan fingerprint density at radius 1 is 1.23 bits per heavy atom. The Labute approximate surface area is 157 Å². The summed E-state index contributed by atoms with van der Waals surface area (Å²) < 4.78 is 10.5. The molecule has 2 aromatic rings. The average molecular weight is 377 g/mol. The zero-order chi connectivity index (χ0) is 18.5. The van der Waals surface area contributed by atoms with Crippen LogP contribution >= 0.6 is 11.6 Å². The third kappa shape index (κ3) is 3.99. The molecule has 1 aliphatic rings. The number of benzene rings is 1. The molecule has 0 unspecified atom stereocenters. The predicted octanol–water partition coefficient (Wildman–Crippen LogP) is 2.86. The van der Waals surface area contributed by atoms with Gasteiger partial charge in [0.1, 0.15) is 17.2 Å². The fraction of sp³-hybridized carbons (Fsp3) is 0.389. The summed E-state index contributed by atoms with van der Waals surface area (Å²) >= 11 is 6.08. The van der Waals surface area contributed by atoms with Crippen LogP contribution in [0.15, 0.2) is 30.7 Å². The first-order valence-electron chi connectivity index (χ1n) is 8.35. The van der Waals surface area contributed by atoms with Gasteiger partial charge in [-0.25, -0.2) is 9.97 Å². The van der Waals surface area contributed by atoms with Crippen LogP contribution in [0.3, 0.4) is 0 Å². The van der Waals surface area contributed by atoms with Crippen molar-refractivity contribution < 1.29 is 14.3 Å². The van der Waals surface area contributed by atoms with Gasteiger partial charge >= 0.3 is 0 Å². The third-order valence-electron chi connectivity index (χ3n) is 4.42. The van der Waals surface area contributed by atoms with E-state index in [0.29, 0.717) is 41.0 Å². The van der Waals surface area contributed by atoms with E-state index in [0.717, 1.165) is 12.8 Å². The number of ether oxygens (including phenoxy) is 2. The summed E-state index contributed by atoms with van der Waals surface area (Å²) in [6.45, 7) is 1.32. The van der Waals surface area contributed by atoms with E-state index < -0.39 is 0 Å². The second-order valence-electron chi connectivity index (χ2n) is 6.00. The number of aromatic nitrogens is 2. The number of methoxy groups -OCH3 is 2. The molecule has 0 aliphatic carbocycles. The lowest BCUT2D eigenvalue weighted by molar-refractivity contribution is 0.0718. The van der Waals surface area contributed by atoms with E-state index in [-0.39, 0.29) is 11.9 Å². The Balaban J connectivity index is 1.61. The fourth-order valence-electron chi connectivity index (χ4n) is 2.99. The third-order valence-corrected chi connectivity index (χ3v) is 4.70. The van der Waals surface area contributed by atoms with Crippen LogP contribution in [0.4, 0.5) is 5.82 Å². The summed E-state index contributed by atoms with van der Waals surface area (Å²) in [6.07, 6.45) is 4.66. The number of anilines is 1. The lowest BCUT2D eigenvalue weighted by Gasteiger charge is -2.32. The molecule has 0 atom stereocenters. The summed E-state index contributed by atoms with van der Waals surface area (Å²) in [6, 6.07) is 5.44. The minimum atomic E-state index is -0.00975. The van der Waals surface area contributed by atoms with E-state index in [9.17, 15) is 4.79 Å². The first-order valence-corrected chi connectivity index (χ1v) is 8.73. The van der Waals surface area contributed by atoms with Crippen molar-refractivity contribution in [2.24, 2.45) is 0 Å². The molecule has 1 N–H and O–H groups in total. The van der Waals surface area contributed by atoms with Crippen LogP contribution in [0.1, 0.15) is 23.2 Å². The van der Waals surface area contributed by atoms with Crippen LogP contribution < -0.4 is 14.8 Å². The molecule has 3 rings (SSSR count). The Hall–Kier alpha value is -2.54. The van der Waals surface area contributed by atoms with Gasteiger partial charge in [-0.15, -0.1) is 0 Å². The van der Waals surface area contributed by atoms with Gasteiger partial charge in [0.05, 0.1) is 20.4 Å². The van der Waals surface area contributed by atoms with Crippen molar-refractivity contribution in [3.63, 3.8) is 0 Å². The van der Waals surface area contributed by atoms with Gasteiger partial charge < -0.3 is 19.7 Å². The van der Waals surface area contributed by atoms with Crippen LogP contribution in [-0.4, -0.2) is 54.1 Å². The molecule has 1 fully saturated rings. The topological polar surface area (TPSA) is 76.6 Å². The zero-order valence-corrected chi connectivity index (χ0v) is 15.5. The van der Waals surface area contributed by atoms with Crippen LogP contribution in [0.2, 0.25) is 5.02 Å². The van der Waals surface area contributed by atoms with Gasteiger partial charge in [0.15, 0.2) is 11.5 Å². The molecule has 7 nitrogen and oxygen atoms in total. The Morgan fingerprint density at radius 3 is 2.62 bits per heavy atom. The quantitative estimate of drug-likeness (QED) is 0.864. The van der Waals surface area contributed by atoms with Crippen molar-refractivity contribution in [2.45, 2.75) is 18.9 Å². The normalized spacial score (nSPS) is 14.8. The minimum Gasteiger partial charge on any atom is -0.493 e. The van der Waals surface area contributed by atoms with E-state index in [1.807, 2.05) is 4.90 Å². The molecule has 1 saturated heterocycles. The molecule has 1 amide bonds. The number of halogens is 1. The first kappa shape index (κ1) is 18.3. The highest BCUT2D eigenvalue weighted by Crippen LogP contribution is 2.28. The van der Waals surface area contributed by atoms with Crippen molar-refractivity contribution in [1.29, 1.82) is 0 Å². The number of nitrogens with zero attached hydrogens (tertiary/aromatic N) is 3. The van der Waals surface area contributed by atoms with Gasteiger partial charge in [-0.1, -0.05) is 11.6 Å². The molecule has 26 heavy (non-hydrogen) atoms. The summed E-state index contributed by atoms with van der Waals surface area (Å²) in [4.78, 5) is 22.6. The molecule has 0 saturated carbocycles. The molecule has 1 aromatic heterocycles. The smallest absolute Gasteiger partial charge is 0.253 e. The number of rotatable bonds is 5. The number of nitrogens with one attached hydrogen (secondary N) is 1. The highest BCUT2D eigenvalue weighted by atomic mass is 35.5. The fourth-order valence-corrected chi connectivity index (χ4v) is 3.15. The second-order valence-corrected chi connectivity index (χ2v) is 6.41. The number of likely N-dealkylation sites (tertiary alicyclic amines) is 1. The molecule has 2 heterocycles. The van der Waals surface area contributed by atoms with Crippen LogP contribution in [0, 0.1) is 0 Å². The van der Waals surface area contributed by atoms with Crippen LogP contribution in [0.25, 0.3) is 0 Å². The largest absolute Gasteiger partial charge is 0.493 e. The van der Waals surface area contributed by atoms with Gasteiger partial charge in [0.25, 0.3) is 5.91 Å². The van der Waals surface area contributed by atoms with Gasteiger partial charge in [-0.05, 0) is 31.0 Å². The molecule has 0 bridgehead atoms. The second kappa shape index (κ2) is 8.23. The van der Waals surface area contributed by atoms with E-state index in [1.165, 1.54) is 6.33 Å². The van der Waals surface area contributed by atoms with Crippen molar-refractivity contribution in [1.82, 2.24) is 14.9 Å². The maximum Gasteiger partial charge on any atom is 0.253 e. The number of hydrogen-bond donors (Lipinski definition) is 1. The van der Waals surface area contributed by atoms with Crippen LogP contribution in [0.5, 0.6) is 11.5 Å². The highest BCUT2D eigenvalue weighted by Gasteiger charge is 2.25. The van der Waals surface area contributed by atoms with E-state index >= 15 is 0 Å². The number of carbonyl (C=O) groups is 1. The average Bonchev–Trinajstić information content (AvgIpc) is 2.69. The number of amides is 1. The van der Waals surface area contributed by atoms with E-state index in [4.69, 9.17) is 21.1 Å². The molecule has 138 valence electrons. The van der Waals surface area contributed by atoms with Crippen molar-refractivity contribution in [3.8, 4) is 11.5 Å². The molecule has 1 aliphatic heterocycles. The number of hydrogen-bond acceptors (Lipinski definition) is 6.